The first kappa shape index (κ1) is 22.7. The number of carbonyl (C=O) groups is 2. The van der Waals surface area contributed by atoms with Crippen LogP contribution in [0, 0.1) is 0 Å². The van der Waals surface area contributed by atoms with E-state index in [0.29, 0.717) is 16.8 Å². The fourth-order valence-electron chi connectivity index (χ4n) is 3.81. The van der Waals surface area contributed by atoms with Gasteiger partial charge < -0.3 is 10.4 Å². The standard InChI is InChI=1S/C27H23N3O4/c1-30-26(32)23(25(31)28-21(27(33)34)17-18-11-5-2-6-12-18)22(19-13-7-3-8-14-19)24(29-30)20-15-9-4-10-16-20/h2-16,21H,17H2,1H3,(H,28,31)(H,33,34). The molecule has 3 aromatic carbocycles. The molecule has 7 nitrogen and oxygen atoms in total. The zero-order valence-electron chi connectivity index (χ0n) is 18.5. The molecule has 4 aromatic rings. The number of carboxylic acids is 1. The Hall–Kier alpha value is -4.52. The molecule has 1 atom stereocenters. The molecule has 0 bridgehead atoms. The third-order valence-electron chi connectivity index (χ3n) is 5.47. The lowest BCUT2D eigenvalue weighted by Crippen LogP contribution is -2.45. The SMILES string of the molecule is Cn1nc(-c2ccccc2)c(-c2ccccc2)c(C(=O)NC(Cc2ccccc2)C(=O)O)c1=O. The normalized spacial score (nSPS) is 11.6. The van der Waals surface area contributed by atoms with Gasteiger partial charge in [-0.2, -0.15) is 5.10 Å². The fourth-order valence-corrected chi connectivity index (χ4v) is 3.81. The number of rotatable bonds is 7. The number of hydrogen-bond acceptors (Lipinski definition) is 4. The second-order valence-corrected chi connectivity index (χ2v) is 7.81. The molecule has 34 heavy (non-hydrogen) atoms. The van der Waals surface area contributed by atoms with E-state index in [2.05, 4.69) is 10.4 Å². The summed E-state index contributed by atoms with van der Waals surface area (Å²) in [7, 11) is 1.47. The van der Waals surface area contributed by atoms with Gasteiger partial charge in [-0.1, -0.05) is 91.0 Å². The summed E-state index contributed by atoms with van der Waals surface area (Å²) >= 11 is 0. The molecule has 1 aromatic heterocycles. The molecule has 170 valence electrons. The first-order valence-corrected chi connectivity index (χ1v) is 10.8. The number of nitrogens with one attached hydrogen (secondary N) is 1. The van der Waals surface area contributed by atoms with Gasteiger partial charge in [0.1, 0.15) is 11.6 Å². The van der Waals surface area contributed by atoms with Crippen LogP contribution in [0.4, 0.5) is 0 Å². The van der Waals surface area contributed by atoms with Crippen molar-refractivity contribution in [2.75, 3.05) is 0 Å². The van der Waals surface area contributed by atoms with Gasteiger partial charge >= 0.3 is 5.97 Å². The Morgan fingerprint density at radius 2 is 1.41 bits per heavy atom. The van der Waals surface area contributed by atoms with E-state index in [9.17, 15) is 19.5 Å². The van der Waals surface area contributed by atoms with Gasteiger partial charge in [0, 0.05) is 24.6 Å². The maximum atomic E-state index is 13.5. The molecule has 1 amide bonds. The minimum absolute atomic E-state index is 0.0829. The van der Waals surface area contributed by atoms with Crippen LogP contribution in [0.2, 0.25) is 0 Å². The van der Waals surface area contributed by atoms with Crippen molar-refractivity contribution in [3.05, 3.63) is 112 Å². The van der Waals surface area contributed by atoms with E-state index < -0.39 is 23.5 Å². The van der Waals surface area contributed by atoms with Crippen molar-refractivity contribution in [2.24, 2.45) is 7.05 Å². The second kappa shape index (κ2) is 9.95. The maximum absolute atomic E-state index is 13.5. The Morgan fingerprint density at radius 1 is 0.882 bits per heavy atom. The van der Waals surface area contributed by atoms with Gasteiger partial charge in [0.15, 0.2) is 0 Å². The van der Waals surface area contributed by atoms with E-state index >= 15 is 0 Å². The predicted molar refractivity (Wildman–Crippen MR) is 129 cm³/mol. The molecule has 0 aliphatic rings. The minimum atomic E-state index is -1.21. The van der Waals surface area contributed by atoms with Crippen molar-refractivity contribution in [1.29, 1.82) is 0 Å². The van der Waals surface area contributed by atoms with E-state index in [-0.39, 0.29) is 12.0 Å². The number of amides is 1. The quantitative estimate of drug-likeness (QED) is 0.446. The van der Waals surface area contributed by atoms with Gasteiger partial charge in [-0.3, -0.25) is 9.59 Å². The molecule has 0 fully saturated rings. The van der Waals surface area contributed by atoms with Gasteiger partial charge in [0.2, 0.25) is 0 Å². The third-order valence-corrected chi connectivity index (χ3v) is 5.47. The smallest absolute Gasteiger partial charge is 0.326 e. The highest BCUT2D eigenvalue weighted by atomic mass is 16.4. The Labute approximate surface area is 196 Å². The lowest BCUT2D eigenvalue weighted by molar-refractivity contribution is -0.139. The van der Waals surface area contributed by atoms with Gasteiger partial charge in [-0.15, -0.1) is 0 Å². The summed E-state index contributed by atoms with van der Waals surface area (Å²) in [6, 6.07) is 26.1. The summed E-state index contributed by atoms with van der Waals surface area (Å²) in [6.07, 6.45) is 0.0829. The minimum Gasteiger partial charge on any atom is -0.480 e. The average molecular weight is 453 g/mol. The number of carboxylic acid groups (broad SMARTS) is 1. The van der Waals surface area contributed by atoms with Gasteiger partial charge in [0.05, 0.1) is 5.69 Å². The van der Waals surface area contributed by atoms with Crippen LogP contribution in [0.25, 0.3) is 22.4 Å². The topological polar surface area (TPSA) is 101 Å². The van der Waals surface area contributed by atoms with Gasteiger partial charge in [-0.05, 0) is 11.1 Å². The van der Waals surface area contributed by atoms with Crippen LogP contribution in [0.1, 0.15) is 15.9 Å². The van der Waals surface area contributed by atoms with E-state index in [1.165, 1.54) is 7.05 Å². The van der Waals surface area contributed by atoms with Crippen LogP contribution in [0.15, 0.2) is 95.8 Å². The molecule has 0 spiro atoms. The Morgan fingerprint density at radius 3 is 1.97 bits per heavy atom. The highest BCUT2D eigenvalue weighted by molar-refractivity contribution is 6.04. The summed E-state index contributed by atoms with van der Waals surface area (Å²) in [6.45, 7) is 0. The number of nitrogens with zero attached hydrogens (tertiary/aromatic N) is 2. The average Bonchev–Trinajstić information content (AvgIpc) is 2.86. The Balaban J connectivity index is 1.85. The van der Waals surface area contributed by atoms with Crippen molar-refractivity contribution in [1.82, 2.24) is 15.1 Å². The summed E-state index contributed by atoms with van der Waals surface area (Å²) in [5, 5.41) is 16.8. The largest absolute Gasteiger partial charge is 0.480 e. The first-order valence-electron chi connectivity index (χ1n) is 10.8. The molecule has 0 saturated carbocycles. The summed E-state index contributed by atoms with van der Waals surface area (Å²) in [4.78, 5) is 38.6. The number of benzene rings is 3. The summed E-state index contributed by atoms with van der Waals surface area (Å²) in [5.74, 6) is -1.95. The Bertz CT molecular complexity index is 1370. The molecule has 4 rings (SSSR count). The van der Waals surface area contributed by atoms with Gasteiger partial charge in [0.25, 0.3) is 11.5 Å². The molecule has 0 saturated heterocycles. The van der Waals surface area contributed by atoms with Crippen LogP contribution in [0.3, 0.4) is 0 Å². The van der Waals surface area contributed by atoms with Crippen LogP contribution in [0.5, 0.6) is 0 Å². The van der Waals surface area contributed by atoms with Crippen molar-refractivity contribution in [3.8, 4) is 22.4 Å². The van der Waals surface area contributed by atoms with Crippen LogP contribution in [-0.2, 0) is 18.3 Å². The number of carbonyl (C=O) groups excluding carboxylic acids is 1. The number of aliphatic carboxylic acids is 1. The van der Waals surface area contributed by atoms with E-state index in [1.54, 1.807) is 48.5 Å². The lowest BCUT2D eigenvalue weighted by Gasteiger charge is -2.18. The second-order valence-electron chi connectivity index (χ2n) is 7.81. The molecule has 0 aliphatic carbocycles. The predicted octanol–water partition coefficient (Wildman–Crippen LogP) is 3.54. The third kappa shape index (κ3) is 4.78. The molecule has 0 radical (unpaired) electrons. The van der Waals surface area contributed by atoms with Crippen LogP contribution in [-0.4, -0.2) is 32.8 Å². The van der Waals surface area contributed by atoms with Crippen LogP contribution >= 0.6 is 0 Å². The molecule has 1 heterocycles. The number of aromatic nitrogens is 2. The number of hydrogen-bond donors (Lipinski definition) is 2. The maximum Gasteiger partial charge on any atom is 0.326 e. The lowest BCUT2D eigenvalue weighted by atomic mass is 9.95. The van der Waals surface area contributed by atoms with E-state index in [4.69, 9.17) is 0 Å². The highest BCUT2D eigenvalue weighted by Gasteiger charge is 2.28. The van der Waals surface area contributed by atoms with E-state index in [1.807, 2.05) is 42.5 Å². The van der Waals surface area contributed by atoms with Gasteiger partial charge in [-0.25, -0.2) is 9.48 Å². The highest BCUT2D eigenvalue weighted by Crippen LogP contribution is 2.31. The van der Waals surface area contributed by atoms with Crippen molar-refractivity contribution >= 4 is 11.9 Å². The van der Waals surface area contributed by atoms with Crippen molar-refractivity contribution in [3.63, 3.8) is 0 Å². The first-order chi connectivity index (χ1) is 16.5. The Kier molecular flexibility index (Phi) is 6.64. The molecule has 0 aliphatic heterocycles. The molecule has 1 unspecified atom stereocenters. The van der Waals surface area contributed by atoms with Crippen molar-refractivity contribution < 1.29 is 14.7 Å². The molecular formula is C27H23N3O4. The molecular weight excluding hydrogens is 430 g/mol. The van der Waals surface area contributed by atoms with E-state index in [0.717, 1.165) is 15.8 Å². The molecule has 2 N–H and O–H groups in total. The zero-order valence-corrected chi connectivity index (χ0v) is 18.5. The fraction of sp³-hybridized carbons (Fsp3) is 0.111. The summed E-state index contributed by atoms with van der Waals surface area (Å²) < 4.78 is 1.11. The summed E-state index contributed by atoms with van der Waals surface area (Å²) in [5.41, 5.74) is 2.16. The molecule has 7 heteroatoms. The zero-order chi connectivity index (χ0) is 24.1. The van der Waals surface area contributed by atoms with Crippen LogP contribution < -0.4 is 10.9 Å². The number of aryl methyl sites for hydroxylation is 1. The monoisotopic (exact) mass is 453 g/mol. The van der Waals surface area contributed by atoms with Crippen molar-refractivity contribution in [2.45, 2.75) is 12.5 Å².